The number of H-pyrrole nitrogens is 1. The molecular formula is C23H22N2O. The first kappa shape index (κ1) is 16.4. The van der Waals surface area contributed by atoms with Crippen molar-refractivity contribution in [3.63, 3.8) is 0 Å². The van der Waals surface area contributed by atoms with E-state index in [1.807, 2.05) is 25.1 Å². The number of hydrogen-bond donors (Lipinski definition) is 1. The molecule has 3 heteroatoms. The molecule has 0 atom stereocenters. The first-order chi connectivity index (χ1) is 12.7. The summed E-state index contributed by atoms with van der Waals surface area (Å²) in [6, 6.07) is 23.1. The van der Waals surface area contributed by atoms with Crippen LogP contribution in [0.5, 0.6) is 5.75 Å². The summed E-state index contributed by atoms with van der Waals surface area (Å²) in [5, 5.41) is 8.62. The maximum atomic E-state index is 5.98. The number of hydrogen-bond acceptors (Lipinski definition) is 2. The van der Waals surface area contributed by atoms with Crippen molar-refractivity contribution in [3.05, 3.63) is 83.6 Å². The van der Waals surface area contributed by atoms with E-state index in [1.54, 1.807) is 0 Å². The minimum atomic E-state index is 0.585. The zero-order valence-corrected chi connectivity index (χ0v) is 15.1. The first-order valence-corrected chi connectivity index (χ1v) is 8.99. The Bertz CT molecular complexity index is 1030. The van der Waals surface area contributed by atoms with Gasteiger partial charge in [0.05, 0.1) is 5.52 Å². The minimum absolute atomic E-state index is 0.585. The molecule has 4 rings (SSSR count). The third kappa shape index (κ3) is 3.21. The Kier molecular flexibility index (Phi) is 4.44. The molecule has 1 N–H and O–H groups in total. The number of ether oxygens (including phenoxy) is 1. The van der Waals surface area contributed by atoms with Crippen molar-refractivity contribution in [2.75, 3.05) is 0 Å². The lowest BCUT2D eigenvalue weighted by molar-refractivity contribution is 0.306. The summed E-state index contributed by atoms with van der Waals surface area (Å²) < 4.78 is 5.98. The second kappa shape index (κ2) is 7.04. The fourth-order valence-corrected chi connectivity index (χ4v) is 3.29. The highest BCUT2D eigenvalue weighted by molar-refractivity contribution is 5.86. The Morgan fingerprint density at radius 3 is 2.62 bits per heavy atom. The van der Waals surface area contributed by atoms with Crippen molar-refractivity contribution >= 4 is 10.9 Å². The van der Waals surface area contributed by atoms with Crippen LogP contribution in [0.3, 0.4) is 0 Å². The van der Waals surface area contributed by atoms with Gasteiger partial charge in [0.15, 0.2) is 0 Å². The number of fused-ring (bicyclic) bond motifs is 1. The van der Waals surface area contributed by atoms with E-state index in [9.17, 15) is 0 Å². The van der Waals surface area contributed by atoms with Gasteiger partial charge in [-0.1, -0.05) is 55.5 Å². The lowest BCUT2D eigenvalue weighted by atomic mass is 9.97. The third-order valence-corrected chi connectivity index (χ3v) is 4.76. The molecule has 3 nitrogen and oxygen atoms in total. The Balaban J connectivity index is 1.61. The largest absolute Gasteiger partial charge is 0.489 e. The van der Waals surface area contributed by atoms with Crippen LogP contribution in [-0.4, -0.2) is 10.2 Å². The number of nitrogens with zero attached hydrogens (tertiary/aromatic N) is 1. The number of aromatic nitrogens is 2. The molecule has 0 amide bonds. The summed E-state index contributed by atoms with van der Waals surface area (Å²) in [4.78, 5) is 0. The van der Waals surface area contributed by atoms with E-state index < -0.39 is 0 Å². The van der Waals surface area contributed by atoms with Crippen molar-refractivity contribution in [3.8, 4) is 16.9 Å². The van der Waals surface area contributed by atoms with Crippen LogP contribution in [0.25, 0.3) is 22.0 Å². The normalized spacial score (nSPS) is 11.0. The molecule has 4 aromatic rings. The molecule has 0 bridgehead atoms. The average molecular weight is 342 g/mol. The van der Waals surface area contributed by atoms with Crippen LogP contribution >= 0.6 is 0 Å². The topological polar surface area (TPSA) is 37.9 Å². The molecule has 26 heavy (non-hydrogen) atoms. The lowest BCUT2D eigenvalue weighted by Gasteiger charge is -2.12. The highest BCUT2D eigenvalue weighted by Crippen LogP contribution is 2.30. The van der Waals surface area contributed by atoms with Gasteiger partial charge in [-0.3, -0.25) is 5.10 Å². The molecule has 0 saturated carbocycles. The number of rotatable bonds is 5. The van der Waals surface area contributed by atoms with Crippen molar-refractivity contribution in [2.24, 2.45) is 0 Å². The summed E-state index contributed by atoms with van der Waals surface area (Å²) in [5.74, 6) is 0.908. The number of aromatic amines is 1. The Morgan fingerprint density at radius 1 is 0.962 bits per heavy atom. The summed E-state index contributed by atoms with van der Waals surface area (Å²) in [6.07, 6.45) is 0.954. The molecule has 1 aromatic heterocycles. The van der Waals surface area contributed by atoms with Gasteiger partial charge >= 0.3 is 0 Å². The zero-order chi connectivity index (χ0) is 17.9. The van der Waals surface area contributed by atoms with E-state index in [1.165, 1.54) is 27.6 Å². The molecule has 0 aliphatic rings. The van der Waals surface area contributed by atoms with Crippen LogP contribution in [0.15, 0.2) is 66.7 Å². The van der Waals surface area contributed by atoms with E-state index in [-0.39, 0.29) is 0 Å². The van der Waals surface area contributed by atoms with E-state index in [0.717, 1.165) is 23.4 Å². The lowest BCUT2D eigenvalue weighted by Crippen LogP contribution is -1.96. The van der Waals surface area contributed by atoms with Crippen LogP contribution in [0.2, 0.25) is 0 Å². The molecule has 0 aliphatic carbocycles. The van der Waals surface area contributed by atoms with Crippen LogP contribution in [0.1, 0.15) is 23.7 Å². The van der Waals surface area contributed by atoms with Crippen LogP contribution in [0, 0.1) is 6.92 Å². The molecule has 0 saturated heterocycles. The minimum Gasteiger partial charge on any atom is -0.489 e. The van der Waals surface area contributed by atoms with Gasteiger partial charge in [0.25, 0.3) is 0 Å². The average Bonchev–Trinajstić information content (AvgIpc) is 3.07. The maximum Gasteiger partial charge on any atom is 0.120 e. The molecular weight excluding hydrogens is 320 g/mol. The maximum absolute atomic E-state index is 5.98. The molecule has 0 fully saturated rings. The summed E-state index contributed by atoms with van der Waals surface area (Å²) >= 11 is 0. The molecule has 1 heterocycles. The Labute approximate surface area is 153 Å². The SMILES string of the molecule is CCc1cc(OCc2ccccc2)ccc1-c1ccc2c(C)[nH]nc2c1. The third-order valence-electron chi connectivity index (χ3n) is 4.76. The van der Waals surface area contributed by atoms with Gasteiger partial charge < -0.3 is 4.74 Å². The number of aryl methyl sites for hydroxylation is 2. The van der Waals surface area contributed by atoms with Gasteiger partial charge in [-0.05, 0) is 53.8 Å². The van der Waals surface area contributed by atoms with Crippen molar-refractivity contribution in [1.29, 1.82) is 0 Å². The monoisotopic (exact) mass is 342 g/mol. The van der Waals surface area contributed by atoms with Gasteiger partial charge in [-0.2, -0.15) is 5.10 Å². The molecule has 3 aromatic carbocycles. The molecule has 130 valence electrons. The Hall–Kier alpha value is -3.07. The predicted octanol–water partition coefficient (Wildman–Crippen LogP) is 5.68. The molecule has 0 aliphatic heterocycles. The smallest absolute Gasteiger partial charge is 0.120 e. The second-order valence-corrected chi connectivity index (χ2v) is 6.53. The van der Waals surface area contributed by atoms with Crippen molar-refractivity contribution < 1.29 is 4.74 Å². The fraction of sp³-hybridized carbons (Fsp3) is 0.174. The molecule has 0 radical (unpaired) electrons. The van der Waals surface area contributed by atoms with E-state index in [0.29, 0.717) is 6.61 Å². The summed E-state index contributed by atoms with van der Waals surface area (Å²) in [5.41, 5.74) is 6.99. The van der Waals surface area contributed by atoms with Crippen molar-refractivity contribution in [2.45, 2.75) is 26.9 Å². The van der Waals surface area contributed by atoms with Gasteiger partial charge in [-0.15, -0.1) is 0 Å². The first-order valence-electron chi connectivity index (χ1n) is 8.99. The number of benzene rings is 3. The van der Waals surface area contributed by atoms with Crippen molar-refractivity contribution in [1.82, 2.24) is 10.2 Å². The molecule has 0 unspecified atom stereocenters. The van der Waals surface area contributed by atoms with E-state index in [2.05, 4.69) is 65.7 Å². The second-order valence-electron chi connectivity index (χ2n) is 6.53. The van der Waals surface area contributed by atoms with Gasteiger partial charge in [0.2, 0.25) is 0 Å². The summed E-state index contributed by atoms with van der Waals surface area (Å²) in [7, 11) is 0. The fourth-order valence-electron chi connectivity index (χ4n) is 3.29. The quantitative estimate of drug-likeness (QED) is 0.507. The zero-order valence-electron chi connectivity index (χ0n) is 15.1. The summed E-state index contributed by atoms with van der Waals surface area (Å²) in [6.45, 7) is 4.81. The highest BCUT2D eigenvalue weighted by Gasteiger charge is 2.09. The highest BCUT2D eigenvalue weighted by atomic mass is 16.5. The standard InChI is InChI=1S/C23H22N2O/c1-3-18-13-20(26-15-17-7-5-4-6-8-17)10-12-22(18)19-9-11-21-16(2)24-25-23(21)14-19/h4-14H,3,15H2,1-2H3,(H,24,25). The van der Waals surface area contributed by atoms with Crippen LogP contribution in [-0.2, 0) is 13.0 Å². The van der Waals surface area contributed by atoms with Gasteiger partial charge in [-0.25, -0.2) is 0 Å². The van der Waals surface area contributed by atoms with Gasteiger partial charge in [0.1, 0.15) is 12.4 Å². The van der Waals surface area contributed by atoms with Crippen LogP contribution < -0.4 is 4.74 Å². The van der Waals surface area contributed by atoms with E-state index >= 15 is 0 Å². The van der Waals surface area contributed by atoms with Crippen LogP contribution in [0.4, 0.5) is 0 Å². The van der Waals surface area contributed by atoms with E-state index in [4.69, 9.17) is 4.74 Å². The number of nitrogens with one attached hydrogen (secondary N) is 1. The Morgan fingerprint density at radius 2 is 1.81 bits per heavy atom. The molecule has 0 spiro atoms. The predicted molar refractivity (Wildman–Crippen MR) is 106 cm³/mol. The van der Waals surface area contributed by atoms with Gasteiger partial charge in [0, 0.05) is 11.1 Å².